The molecule has 0 saturated carbocycles. The van der Waals surface area contributed by atoms with Crippen molar-refractivity contribution in [2.45, 2.75) is 57.8 Å². The van der Waals surface area contributed by atoms with Crippen LogP contribution in [0.5, 0.6) is 5.75 Å². The first kappa shape index (κ1) is 27.4. The summed E-state index contributed by atoms with van der Waals surface area (Å²) in [5.74, 6) is -5.65. The molecule has 12 heteroatoms. The molecule has 182 valence electrons. The maximum absolute atomic E-state index is 12.7. The van der Waals surface area contributed by atoms with E-state index in [9.17, 15) is 34.2 Å². The number of phenols is 1. The number of hydrogen-bond acceptors (Lipinski definition) is 7. The second kappa shape index (κ2) is 12.4. The van der Waals surface area contributed by atoms with Crippen molar-refractivity contribution in [3.63, 3.8) is 0 Å². The molecule has 33 heavy (non-hydrogen) atoms. The quantitative estimate of drug-likeness (QED) is 0.200. The Morgan fingerprint density at radius 1 is 0.848 bits per heavy atom. The number of carboxylic acid groups (broad SMARTS) is 2. The van der Waals surface area contributed by atoms with Gasteiger partial charge in [0, 0.05) is 6.42 Å². The molecular weight excluding hydrogens is 436 g/mol. The van der Waals surface area contributed by atoms with Gasteiger partial charge < -0.3 is 37.0 Å². The first-order valence-electron chi connectivity index (χ1n) is 10.2. The van der Waals surface area contributed by atoms with E-state index in [0.29, 0.717) is 5.56 Å². The molecule has 0 aliphatic rings. The van der Waals surface area contributed by atoms with Crippen LogP contribution in [0.2, 0.25) is 0 Å². The summed E-state index contributed by atoms with van der Waals surface area (Å²) in [5.41, 5.74) is 6.00. The Morgan fingerprint density at radius 2 is 1.39 bits per heavy atom. The van der Waals surface area contributed by atoms with Gasteiger partial charge in [-0.3, -0.25) is 19.2 Å². The molecule has 0 fully saturated rings. The Balaban J connectivity index is 2.99. The lowest BCUT2D eigenvalue weighted by Gasteiger charge is -2.26. The Labute approximate surface area is 190 Å². The normalized spacial score (nSPS) is 14.5. The number of aromatic hydroxyl groups is 1. The van der Waals surface area contributed by atoms with Gasteiger partial charge in [-0.1, -0.05) is 26.0 Å². The zero-order valence-corrected chi connectivity index (χ0v) is 18.6. The first-order chi connectivity index (χ1) is 15.3. The molecule has 4 atom stereocenters. The maximum Gasteiger partial charge on any atom is 0.326 e. The van der Waals surface area contributed by atoms with Crippen LogP contribution in [0.4, 0.5) is 0 Å². The van der Waals surface area contributed by atoms with Crippen LogP contribution in [0.3, 0.4) is 0 Å². The Morgan fingerprint density at radius 3 is 1.85 bits per heavy atom. The number of carboxylic acids is 2. The van der Waals surface area contributed by atoms with Crippen LogP contribution >= 0.6 is 0 Å². The molecule has 1 aromatic carbocycles. The standard InChI is InChI=1S/C21H30N4O8/c1-10(2)17(25-18(29)11(3)22)20(31)23-14(9-16(27)28)19(30)24-15(21(32)33)8-12-4-6-13(26)7-5-12/h4-7,10-11,14-15,17,26H,8-9,22H2,1-3H3,(H,23,31)(H,24,30)(H,25,29)(H,27,28)(H,32,33). The Bertz CT molecular complexity index is 870. The number of amides is 3. The zero-order valence-electron chi connectivity index (χ0n) is 18.6. The third kappa shape index (κ3) is 9.15. The van der Waals surface area contributed by atoms with Crippen LogP contribution in [0.25, 0.3) is 0 Å². The predicted octanol–water partition coefficient (Wildman–Crippen LogP) is -1.05. The number of nitrogens with two attached hydrogens (primary N) is 1. The third-order valence-electron chi connectivity index (χ3n) is 4.66. The molecule has 0 radical (unpaired) electrons. The van der Waals surface area contributed by atoms with Gasteiger partial charge in [0.1, 0.15) is 23.9 Å². The molecule has 1 aromatic rings. The number of nitrogens with one attached hydrogen (secondary N) is 3. The summed E-state index contributed by atoms with van der Waals surface area (Å²) < 4.78 is 0. The van der Waals surface area contributed by atoms with Gasteiger partial charge in [0.25, 0.3) is 0 Å². The van der Waals surface area contributed by atoms with E-state index in [2.05, 4.69) is 16.0 Å². The lowest BCUT2D eigenvalue weighted by molar-refractivity contribution is -0.143. The summed E-state index contributed by atoms with van der Waals surface area (Å²) in [5, 5.41) is 34.9. The molecule has 8 N–H and O–H groups in total. The molecule has 1 rings (SSSR count). The van der Waals surface area contributed by atoms with Gasteiger partial charge in [0.05, 0.1) is 12.5 Å². The summed E-state index contributed by atoms with van der Waals surface area (Å²) in [6, 6.07) is 0.648. The van der Waals surface area contributed by atoms with E-state index in [1.807, 2.05) is 0 Å². The highest BCUT2D eigenvalue weighted by Crippen LogP contribution is 2.12. The minimum absolute atomic E-state index is 0.0188. The highest BCUT2D eigenvalue weighted by atomic mass is 16.4. The van der Waals surface area contributed by atoms with Crippen molar-refractivity contribution in [2.24, 2.45) is 11.7 Å². The molecule has 0 saturated heterocycles. The summed E-state index contributed by atoms with van der Waals surface area (Å²) in [4.78, 5) is 60.2. The Kier molecular flexibility index (Phi) is 10.3. The molecule has 4 unspecified atom stereocenters. The highest BCUT2D eigenvalue weighted by molar-refractivity contribution is 5.95. The number of aliphatic carboxylic acids is 2. The zero-order chi connectivity index (χ0) is 25.3. The minimum atomic E-state index is -1.59. The summed E-state index contributed by atoms with van der Waals surface area (Å²) >= 11 is 0. The fourth-order valence-electron chi connectivity index (χ4n) is 2.81. The van der Waals surface area contributed by atoms with E-state index >= 15 is 0 Å². The van der Waals surface area contributed by atoms with Crippen molar-refractivity contribution in [3.8, 4) is 5.75 Å². The lowest BCUT2D eigenvalue weighted by Crippen LogP contribution is -2.58. The van der Waals surface area contributed by atoms with Gasteiger partial charge in [-0.2, -0.15) is 0 Å². The van der Waals surface area contributed by atoms with Gasteiger partial charge in [-0.15, -0.1) is 0 Å². The predicted molar refractivity (Wildman–Crippen MR) is 116 cm³/mol. The largest absolute Gasteiger partial charge is 0.508 e. The second-order valence-corrected chi connectivity index (χ2v) is 7.95. The van der Waals surface area contributed by atoms with Crippen molar-refractivity contribution < 1.29 is 39.3 Å². The van der Waals surface area contributed by atoms with Crippen molar-refractivity contribution in [1.29, 1.82) is 0 Å². The van der Waals surface area contributed by atoms with E-state index < -0.39 is 66.2 Å². The van der Waals surface area contributed by atoms with Gasteiger partial charge in [-0.25, -0.2) is 4.79 Å². The van der Waals surface area contributed by atoms with Crippen molar-refractivity contribution >= 4 is 29.7 Å². The average molecular weight is 466 g/mol. The number of benzene rings is 1. The van der Waals surface area contributed by atoms with Gasteiger partial charge >= 0.3 is 11.9 Å². The molecule has 3 amide bonds. The van der Waals surface area contributed by atoms with Crippen LogP contribution in [0.15, 0.2) is 24.3 Å². The van der Waals surface area contributed by atoms with E-state index in [1.54, 1.807) is 13.8 Å². The van der Waals surface area contributed by atoms with E-state index in [0.717, 1.165) is 0 Å². The number of hydrogen-bond donors (Lipinski definition) is 7. The van der Waals surface area contributed by atoms with Gasteiger partial charge in [0.15, 0.2) is 0 Å². The molecule has 0 aromatic heterocycles. The number of rotatable bonds is 12. The van der Waals surface area contributed by atoms with Crippen LogP contribution in [0, 0.1) is 5.92 Å². The summed E-state index contributed by atoms with van der Waals surface area (Å²) in [6.45, 7) is 4.69. The second-order valence-electron chi connectivity index (χ2n) is 7.95. The highest BCUT2D eigenvalue weighted by Gasteiger charge is 2.32. The van der Waals surface area contributed by atoms with E-state index in [-0.39, 0.29) is 12.2 Å². The number of carbonyl (C=O) groups is 5. The molecule has 0 bridgehead atoms. The van der Waals surface area contributed by atoms with Gasteiger partial charge in [-0.05, 0) is 30.5 Å². The van der Waals surface area contributed by atoms with Crippen molar-refractivity contribution in [3.05, 3.63) is 29.8 Å². The van der Waals surface area contributed by atoms with E-state index in [4.69, 9.17) is 10.8 Å². The fraction of sp³-hybridized carbons (Fsp3) is 0.476. The first-order valence-corrected chi connectivity index (χ1v) is 10.2. The van der Waals surface area contributed by atoms with Crippen LogP contribution in [-0.2, 0) is 30.4 Å². The molecule has 0 spiro atoms. The third-order valence-corrected chi connectivity index (χ3v) is 4.66. The van der Waals surface area contributed by atoms with Crippen LogP contribution < -0.4 is 21.7 Å². The SMILES string of the molecule is CC(N)C(=O)NC(C(=O)NC(CC(=O)O)C(=O)NC(Cc1ccc(O)cc1)C(=O)O)C(C)C. The smallest absolute Gasteiger partial charge is 0.326 e. The van der Waals surface area contributed by atoms with Crippen LogP contribution in [-0.4, -0.2) is 69.1 Å². The number of carbonyl (C=O) groups excluding carboxylic acids is 3. The van der Waals surface area contributed by atoms with Crippen LogP contribution in [0.1, 0.15) is 32.8 Å². The van der Waals surface area contributed by atoms with E-state index in [1.165, 1.54) is 31.2 Å². The minimum Gasteiger partial charge on any atom is -0.508 e. The summed E-state index contributed by atoms with van der Waals surface area (Å²) in [7, 11) is 0. The number of phenolic OH excluding ortho intramolecular Hbond substituents is 1. The van der Waals surface area contributed by atoms with Gasteiger partial charge in [0.2, 0.25) is 17.7 Å². The molecule has 12 nitrogen and oxygen atoms in total. The average Bonchev–Trinajstić information content (AvgIpc) is 2.71. The lowest BCUT2D eigenvalue weighted by atomic mass is 10.0. The fourth-order valence-corrected chi connectivity index (χ4v) is 2.81. The summed E-state index contributed by atoms with van der Waals surface area (Å²) in [6.07, 6.45) is -0.955. The molecular formula is C21H30N4O8. The molecule has 0 aliphatic carbocycles. The topological polar surface area (TPSA) is 208 Å². The Hall–Kier alpha value is -3.67. The van der Waals surface area contributed by atoms with Crippen molar-refractivity contribution in [1.82, 2.24) is 16.0 Å². The maximum atomic E-state index is 12.7. The molecule has 0 heterocycles. The van der Waals surface area contributed by atoms with Crippen molar-refractivity contribution in [2.75, 3.05) is 0 Å². The monoisotopic (exact) mass is 466 g/mol. The molecule has 0 aliphatic heterocycles.